The third-order valence-corrected chi connectivity index (χ3v) is 4.02. The first-order valence-corrected chi connectivity index (χ1v) is 8.64. The Morgan fingerprint density at radius 1 is 1.21 bits per heavy atom. The van der Waals surface area contributed by atoms with Gasteiger partial charge in [-0.1, -0.05) is 63.8 Å². The Kier molecular flexibility index (Phi) is 6.25. The van der Waals surface area contributed by atoms with Gasteiger partial charge < -0.3 is 10.2 Å². The average Bonchev–Trinajstić information content (AvgIpc) is 2.57. The standard InChI is InChI=1S/C22H28N2/c1-6-9-17(3)23-18(4)16-24-19(5)10-8-11-22(24)21-14-12-20(7-2)13-15-21/h8,10-16,23H,3,5-7,9H2,1-2,4H3/b18-16+. The van der Waals surface area contributed by atoms with E-state index < -0.39 is 0 Å². The molecule has 0 aliphatic carbocycles. The van der Waals surface area contributed by atoms with Gasteiger partial charge in [-0.05, 0) is 43.0 Å². The van der Waals surface area contributed by atoms with Gasteiger partial charge in [-0.2, -0.15) is 0 Å². The Morgan fingerprint density at radius 3 is 2.54 bits per heavy atom. The summed E-state index contributed by atoms with van der Waals surface area (Å²) in [5.41, 5.74) is 6.72. The van der Waals surface area contributed by atoms with Crippen molar-refractivity contribution in [1.82, 2.24) is 10.2 Å². The summed E-state index contributed by atoms with van der Waals surface area (Å²) in [5.74, 6) is 0. The van der Waals surface area contributed by atoms with Crippen LogP contribution in [0.2, 0.25) is 0 Å². The number of allylic oxidation sites excluding steroid dienone is 5. The molecule has 2 rings (SSSR count). The van der Waals surface area contributed by atoms with Crippen LogP contribution in [0.25, 0.3) is 5.70 Å². The van der Waals surface area contributed by atoms with Gasteiger partial charge in [0.05, 0.1) is 5.70 Å². The predicted octanol–water partition coefficient (Wildman–Crippen LogP) is 5.74. The molecule has 0 bridgehead atoms. The van der Waals surface area contributed by atoms with Crippen LogP contribution in [0.4, 0.5) is 0 Å². The van der Waals surface area contributed by atoms with Crippen molar-refractivity contribution in [1.29, 1.82) is 0 Å². The summed E-state index contributed by atoms with van der Waals surface area (Å²) in [7, 11) is 0. The Bertz CT molecular complexity index is 687. The largest absolute Gasteiger partial charge is 0.362 e. The van der Waals surface area contributed by atoms with Crippen molar-refractivity contribution in [2.45, 2.75) is 40.0 Å². The molecule has 0 amide bonds. The first-order valence-electron chi connectivity index (χ1n) is 8.64. The second-order valence-electron chi connectivity index (χ2n) is 6.11. The average molecular weight is 320 g/mol. The molecule has 0 fully saturated rings. The van der Waals surface area contributed by atoms with Crippen molar-refractivity contribution in [3.05, 3.63) is 90.1 Å². The lowest BCUT2D eigenvalue weighted by molar-refractivity contribution is 0.659. The van der Waals surface area contributed by atoms with Gasteiger partial charge in [-0.25, -0.2) is 0 Å². The number of hydrogen-bond donors (Lipinski definition) is 1. The summed E-state index contributed by atoms with van der Waals surface area (Å²) in [6.07, 6.45) is 11.4. The summed E-state index contributed by atoms with van der Waals surface area (Å²) in [6.45, 7) is 14.6. The summed E-state index contributed by atoms with van der Waals surface area (Å²) in [5, 5.41) is 3.37. The van der Waals surface area contributed by atoms with Crippen LogP contribution in [-0.4, -0.2) is 4.90 Å². The molecule has 0 aromatic heterocycles. The quantitative estimate of drug-likeness (QED) is 0.689. The minimum atomic E-state index is 0.953. The van der Waals surface area contributed by atoms with Crippen molar-refractivity contribution in [3.8, 4) is 0 Å². The highest BCUT2D eigenvalue weighted by atomic mass is 15.1. The van der Waals surface area contributed by atoms with Gasteiger partial charge >= 0.3 is 0 Å². The van der Waals surface area contributed by atoms with Crippen molar-refractivity contribution in [2.24, 2.45) is 0 Å². The lowest BCUT2D eigenvalue weighted by Crippen LogP contribution is -2.19. The molecule has 1 N–H and O–H groups in total. The molecule has 1 aliphatic rings. The monoisotopic (exact) mass is 320 g/mol. The number of rotatable bonds is 7. The normalized spacial score (nSPS) is 14.6. The number of benzene rings is 1. The predicted molar refractivity (Wildman–Crippen MR) is 105 cm³/mol. The van der Waals surface area contributed by atoms with E-state index in [1.807, 2.05) is 6.08 Å². The van der Waals surface area contributed by atoms with Gasteiger partial charge in [0.1, 0.15) is 0 Å². The van der Waals surface area contributed by atoms with E-state index in [2.05, 4.69) is 86.8 Å². The second-order valence-corrected chi connectivity index (χ2v) is 6.11. The molecular formula is C22H28N2. The van der Waals surface area contributed by atoms with E-state index in [1.54, 1.807) is 0 Å². The number of aryl methyl sites for hydroxylation is 1. The highest BCUT2D eigenvalue weighted by Crippen LogP contribution is 2.28. The lowest BCUT2D eigenvalue weighted by atomic mass is 10.0. The molecule has 0 saturated carbocycles. The molecule has 1 heterocycles. The zero-order valence-electron chi connectivity index (χ0n) is 15.1. The highest BCUT2D eigenvalue weighted by Gasteiger charge is 2.14. The molecule has 1 aromatic carbocycles. The van der Waals surface area contributed by atoms with Crippen LogP contribution in [0, 0.1) is 0 Å². The zero-order chi connectivity index (χ0) is 17.5. The van der Waals surface area contributed by atoms with Gasteiger partial charge in [0.25, 0.3) is 0 Å². The van der Waals surface area contributed by atoms with E-state index in [-0.39, 0.29) is 0 Å². The molecule has 0 radical (unpaired) electrons. The smallest absolute Gasteiger partial charge is 0.0528 e. The van der Waals surface area contributed by atoms with Crippen LogP contribution in [0.15, 0.2) is 78.9 Å². The Morgan fingerprint density at radius 2 is 1.92 bits per heavy atom. The maximum atomic E-state index is 4.18. The minimum absolute atomic E-state index is 0.953. The SMILES string of the molecule is C=C(CCC)N/C(C)=C/N1C(=C)C=CC=C1c1ccc(CC)cc1. The third kappa shape index (κ3) is 4.51. The molecule has 24 heavy (non-hydrogen) atoms. The highest BCUT2D eigenvalue weighted by molar-refractivity contribution is 5.70. The molecule has 2 nitrogen and oxygen atoms in total. The van der Waals surface area contributed by atoms with Gasteiger partial charge in [0.15, 0.2) is 0 Å². The molecule has 2 heteroatoms. The summed E-state index contributed by atoms with van der Waals surface area (Å²) in [6, 6.07) is 8.73. The fourth-order valence-electron chi connectivity index (χ4n) is 2.73. The van der Waals surface area contributed by atoms with E-state index in [4.69, 9.17) is 0 Å². The first kappa shape index (κ1) is 17.9. The fraction of sp³-hybridized carbons (Fsp3) is 0.273. The molecule has 1 aromatic rings. The molecule has 1 aliphatic heterocycles. The van der Waals surface area contributed by atoms with E-state index in [0.717, 1.165) is 42.1 Å². The van der Waals surface area contributed by atoms with Crippen molar-refractivity contribution >= 4 is 5.70 Å². The van der Waals surface area contributed by atoms with Crippen LogP contribution in [0.1, 0.15) is 44.7 Å². The third-order valence-electron chi connectivity index (χ3n) is 4.02. The van der Waals surface area contributed by atoms with Crippen LogP contribution in [-0.2, 0) is 6.42 Å². The van der Waals surface area contributed by atoms with Crippen molar-refractivity contribution in [3.63, 3.8) is 0 Å². The van der Waals surface area contributed by atoms with E-state index in [9.17, 15) is 0 Å². The summed E-state index contributed by atoms with van der Waals surface area (Å²) >= 11 is 0. The van der Waals surface area contributed by atoms with Crippen molar-refractivity contribution < 1.29 is 0 Å². The number of hydrogen-bond acceptors (Lipinski definition) is 2. The lowest BCUT2D eigenvalue weighted by Gasteiger charge is -2.28. The Hall–Kier alpha value is -2.48. The van der Waals surface area contributed by atoms with Crippen LogP contribution < -0.4 is 5.32 Å². The Labute approximate surface area is 146 Å². The zero-order valence-corrected chi connectivity index (χ0v) is 15.1. The van der Waals surface area contributed by atoms with Crippen LogP contribution >= 0.6 is 0 Å². The first-order chi connectivity index (χ1) is 11.5. The maximum absolute atomic E-state index is 4.18. The van der Waals surface area contributed by atoms with Gasteiger partial charge in [-0.15, -0.1) is 0 Å². The number of nitrogens with one attached hydrogen (secondary N) is 1. The summed E-state index contributed by atoms with van der Waals surface area (Å²) in [4.78, 5) is 2.13. The maximum Gasteiger partial charge on any atom is 0.0528 e. The number of nitrogens with zero attached hydrogens (tertiary/aromatic N) is 1. The topological polar surface area (TPSA) is 15.3 Å². The molecule has 126 valence electrons. The fourth-order valence-corrected chi connectivity index (χ4v) is 2.73. The molecule has 0 atom stereocenters. The molecule has 0 spiro atoms. The molecular weight excluding hydrogens is 292 g/mol. The molecule has 0 unspecified atom stereocenters. The van der Waals surface area contributed by atoms with E-state index in [1.165, 1.54) is 11.1 Å². The van der Waals surface area contributed by atoms with Crippen LogP contribution in [0.3, 0.4) is 0 Å². The Balaban J connectivity index is 2.25. The minimum Gasteiger partial charge on any atom is -0.362 e. The van der Waals surface area contributed by atoms with Gasteiger partial charge in [-0.3, -0.25) is 0 Å². The van der Waals surface area contributed by atoms with E-state index in [0.29, 0.717) is 0 Å². The van der Waals surface area contributed by atoms with Crippen LogP contribution in [0.5, 0.6) is 0 Å². The molecule has 0 saturated heterocycles. The second kappa shape index (κ2) is 8.39. The van der Waals surface area contributed by atoms with Crippen molar-refractivity contribution in [2.75, 3.05) is 0 Å². The van der Waals surface area contributed by atoms with E-state index >= 15 is 0 Å². The van der Waals surface area contributed by atoms with Gasteiger partial charge in [0, 0.05) is 23.3 Å². The van der Waals surface area contributed by atoms with Gasteiger partial charge in [0.2, 0.25) is 0 Å². The summed E-state index contributed by atoms with van der Waals surface area (Å²) < 4.78 is 0.